The number of nitrogens with two attached hydrogens (primary N) is 1. The number of nitrogens with zero attached hydrogens (tertiary/aromatic N) is 3. The van der Waals surface area contributed by atoms with Gasteiger partial charge in [0.05, 0.1) is 11.5 Å². The highest BCUT2D eigenvalue weighted by Crippen LogP contribution is 2.25. The summed E-state index contributed by atoms with van der Waals surface area (Å²) in [5, 5.41) is 0. The zero-order valence-corrected chi connectivity index (χ0v) is 12.4. The lowest BCUT2D eigenvalue weighted by Crippen LogP contribution is -2.41. The maximum Gasteiger partial charge on any atom is 0.153 e. The minimum atomic E-state index is -2.89. The number of anilines is 2. The van der Waals surface area contributed by atoms with Crippen molar-refractivity contribution in [2.24, 2.45) is 0 Å². The van der Waals surface area contributed by atoms with Crippen molar-refractivity contribution in [1.29, 1.82) is 0 Å². The quantitative estimate of drug-likeness (QED) is 0.861. The van der Waals surface area contributed by atoms with Crippen LogP contribution in [0.25, 0.3) is 0 Å². The second-order valence-electron chi connectivity index (χ2n) is 5.21. The zero-order valence-electron chi connectivity index (χ0n) is 11.5. The van der Waals surface area contributed by atoms with Gasteiger partial charge in [-0.05, 0) is 6.92 Å². The first-order chi connectivity index (χ1) is 8.80. The molecule has 19 heavy (non-hydrogen) atoms. The molecular formula is C12H20N4O2S. The average molecular weight is 284 g/mol. The van der Waals surface area contributed by atoms with Crippen molar-refractivity contribution in [3.05, 3.63) is 11.4 Å². The van der Waals surface area contributed by atoms with E-state index in [2.05, 4.69) is 9.97 Å². The van der Waals surface area contributed by atoms with Crippen molar-refractivity contribution in [3.63, 3.8) is 0 Å². The third-order valence-corrected chi connectivity index (χ3v) is 4.94. The number of sulfone groups is 1. The first-order valence-electron chi connectivity index (χ1n) is 6.39. The molecule has 1 fully saturated rings. The fourth-order valence-electron chi connectivity index (χ4n) is 2.03. The van der Waals surface area contributed by atoms with Crippen LogP contribution in [0.5, 0.6) is 0 Å². The number of hydrogen-bond acceptors (Lipinski definition) is 6. The molecule has 1 aliphatic rings. The van der Waals surface area contributed by atoms with E-state index in [1.807, 2.05) is 25.7 Å². The number of aromatic nitrogens is 2. The van der Waals surface area contributed by atoms with Gasteiger partial charge < -0.3 is 10.6 Å². The standard InChI is InChI=1S/C12H20N4O2S/c1-8(2)11-14-10(13)9(3)12(15-11)16-4-6-19(17,18)7-5-16/h8H,4-7H2,1-3H3,(H2,13,14,15). The van der Waals surface area contributed by atoms with Crippen molar-refractivity contribution in [2.75, 3.05) is 35.2 Å². The summed E-state index contributed by atoms with van der Waals surface area (Å²) in [6, 6.07) is 0. The lowest BCUT2D eigenvalue weighted by molar-refractivity contribution is 0.586. The fourth-order valence-corrected chi connectivity index (χ4v) is 3.23. The molecule has 2 N–H and O–H groups in total. The van der Waals surface area contributed by atoms with Gasteiger partial charge in [0.2, 0.25) is 0 Å². The second-order valence-corrected chi connectivity index (χ2v) is 7.51. The van der Waals surface area contributed by atoms with Gasteiger partial charge in [-0.1, -0.05) is 13.8 Å². The molecule has 106 valence electrons. The summed E-state index contributed by atoms with van der Waals surface area (Å²) in [6.07, 6.45) is 0. The lowest BCUT2D eigenvalue weighted by Gasteiger charge is -2.29. The molecule has 1 aliphatic heterocycles. The van der Waals surface area contributed by atoms with Gasteiger partial charge in [0.25, 0.3) is 0 Å². The van der Waals surface area contributed by atoms with Crippen LogP contribution in [0.15, 0.2) is 0 Å². The van der Waals surface area contributed by atoms with Crippen LogP contribution in [0.2, 0.25) is 0 Å². The van der Waals surface area contributed by atoms with E-state index >= 15 is 0 Å². The smallest absolute Gasteiger partial charge is 0.153 e. The third kappa shape index (κ3) is 2.97. The molecule has 1 aromatic heterocycles. The highest BCUT2D eigenvalue weighted by atomic mass is 32.2. The maximum absolute atomic E-state index is 11.5. The van der Waals surface area contributed by atoms with Gasteiger partial charge in [0, 0.05) is 24.6 Å². The van der Waals surface area contributed by atoms with Gasteiger partial charge in [-0.15, -0.1) is 0 Å². The van der Waals surface area contributed by atoms with E-state index in [1.165, 1.54) is 0 Å². The summed E-state index contributed by atoms with van der Waals surface area (Å²) in [5.74, 6) is 2.48. The number of hydrogen-bond donors (Lipinski definition) is 1. The van der Waals surface area contributed by atoms with E-state index in [1.54, 1.807) is 0 Å². The Labute approximate surface area is 114 Å². The van der Waals surface area contributed by atoms with Gasteiger partial charge >= 0.3 is 0 Å². The molecule has 1 aromatic rings. The monoisotopic (exact) mass is 284 g/mol. The summed E-state index contributed by atoms with van der Waals surface area (Å²) >= 11 is 0. The van der Waals surface area contributed by atoms with Crippen LogP contribution in [-0.2, 0) is 9.84 Å². The topological polar surface area (TPSA) is 89.2 Å². The molecule has 0 radical (unpaired) electrons. The minimum absolute atomic E-state index is 0.174. The van der Waals surface area contributed by atoms with Gasteiger partial charge in [-0.2, -0.15) is 0 Å². The van der Waals surface area contributed by atoms with Crippen LogP contribution in [0, 0.1) is 6.92 Å². The molecule has 0 amide bonds. The first kappa shape index (κ1) is 14.0. The van der Waals surface area contributed by atoms with Crippen molar-refractivity contribution >= 4 is 21.5 Å². The SMILES string of the molecule is Cc1c(N)nc(C(C)C)nc1N1CCS(=O)(=O)CC1. The molecule has 2 rings (SSSR count). The molecule has 1 saturated heterocycles. The van der Waals surface area contributed by atoms with Gasteiger partial charge in [0.15, 0.2) is 9.84 Å². The van der Waals surface area contributed by atoms with Gasteiger partial charge in [-0.3, -0.25) is 0 Å². The first-order valence-corrected chi connectivity index (χ1v) is 8.21. The van der Waals surface area contributed by atoms with Gasteiger partial charge in [0.1, 0.15) is 17.5 Å². The maximum atomic E-state index is 11.5. The van der Waals surface area contributed by atoms with Crippen LogP contribution >= 0.6 is 0 Å². The van der Waals surface area contributed by atoms with Crippen LogP contribution in [0.1, 0.15) is 31.2 Å². The Morgan fingerprint density at radius 2 is 1.79 bits per heavy atom. The predicted octanol–water partition coefficient (Wildman–Crippen LogP) is 0.725. The Balaban J connectivity index is 2.34. The third-order valence-electron chi connectivity index (χ3n) is 3.34. The predicted molar refractivity (Wildman–Crippen MR) is 76.1 cm³/mol. The molecule has 0 unspecified atom stereocenters. The van der Waals surface area contributed by atoms with Crippen molar-refractivity contribution in [2.45, 2.75) is 26.7 Å². The van der Waals surface area contributed by atoms with E-state index in [9.17, 15) is 8.42 Å². The van der Waals surface area contributed by atoms with Crippen LogP contribution in [-0.4, -0.2) is 43.0 Å². The average Bonchev–Trinajstić information content (AvgIpc) is 2.32. The van der Waals surface area contributed by atoms with Gasteiger partial charge in [-0.25, -0.2) is 18.4 Å². The van der Waals surface area contributed by atoms with E-state index in [-0.39, 0.29) is 17.4 Å². The van der Waals surface area contributed by atoms with Crippen LogP contribution in [0.3, 0.4) is 0 Å². The molecule has 0 saturated carbocycles. The summed E-state index contributed by atoms with van der Waals surface area (Å²) in [7, 11) is -2.89. The Morgan fingerprint density at radius 3 is 2.32 bits per heavy atom. The zero-order chi connectivity index (χ0) is 14.2. The molecule has 6 nitrogen and oxygen atoms in total. The van der Waals surface area contributed by atoms with E-state index in [0.29, 0.717) is 24.7 Å². The Hall–Kier alpha value is -1.37. The molecule has 0 bridgehead atoms. The molecule has 0 spiro atoms. The summed E-state index contributed by atoms with van der Waals surface area (Å²) < 4.78 is 22.9. The second kappa shape index (κ2) is 4.96. The van der Waals surface area contributed by atoms with Crippen LogP contribution in [0.4, 0.5) is 11.6 Å². The summed E-state index contributed by atoms with van der Waals surface area (Å²) in [6.45, 7) is 6.83. The van der Waals surface area contributed by atoms with E-state index in [4.69, 9.17) is 5.73 Å². The summed E-state index contributed by atoms with van der Waals surface area (Å²) in [5.41, 5.74) is 6.75. The molecular weight excluding hydrogens is 264 g/mol. The summed E-state index contributed by atoms with van der Waals surface area (Å²) in [4.78, 5) is 10.8. The highest BCUT2D eigenvalue weighted by molar-refractivity contribution is 7.91. The Bertz CT molecular complexity index is 570. The fraction of sp³-hybridized carbons (Fsp3) is 0.667. The minimum Gasteiger partial charge on any atom is -0.383 e. The molecule has 0 aromatic carbocycles. The molecule has 2 heterocycles. The molecule has 0 atom stereocenters. The largest absolute Gasteiger partial charge is 0.383 e. The number of rotatable bonds is 2. The highest BCUT2D eigenvalue weighted by Gasteiger charge is 2.25. The van der Waals surface area contributed by atoms with E-state index in [0.717, 1.165) is 11.4 Å². The Morgan fingerprint density at radius 1 is 1.21 bits per heavy atom. The lowest BCUT2D eigenvalue weighted by atomic mass is 10.2. The van der Waals surface area contributed by atoms with Crippen LogP contribution < -0.4 is 10.6 Å². The van der Waals surface area contributed by atoms with Crippen molar-refractivity contribution in [1.82, 2.24) is 9.97 Å². The van der Waals surface area contributed by atoms with Crippen molar-refractivity contribution < 1.29 is 8.42 Å². The van der Waals surface area contributed by atoms with Crippen molar-refractivity contribution in [3.8, 4) is 0 Å². The number of nitrogen functional groups attached to an aromatic ring is 1. The Kier molecular flexibility index (Phi) is 3.66. The molecule has 7 heteroatoms. The van der Waals surface area contributed by atoms with E-state index < -0.39 is 9.84 Å². The normalized spacial score (nSPS) is 18.8. The molecule has 0 aliphatic carbocycles.